The van der Waals surface area contributed by atoms with Crippen LogP contribution in [0.2, 0.25) is 0 Å². The summed E-state index contributed by atoms with van der Waals surface area (Å²) < 4.78 is 24.6. The molecule has 1 atom stereocenters. The van der Waals surface area contributed by atoms with Gasteiger partial charge in [-0.25, -0.2) is 4.39 Å². The normalized spacial score (nSPS) is 17.3. The number of likely N-dealkylation sites (tertiary alicyclic amines) is 1. The van der Waals surface area contributed by atoms with Gasteiger partial charge in [0.25, 0.3) is 11.7 Å². The third-order valence-electron chi connectivity index (χ3n) is 6.23. The van der Waals surface area contributed by atoms with E-state index in [2.05, 4.69) is 18.7 Å². The summed E-state index contributed by atoms with van der Waals surface area (Å²) in [7, 11) is 1.52. The molecule has 0 unspecified atom stereocenters. The minimum absolute atomic E-state index is 0.0318. The second-order valence-corrected chi connectivity index (χ2v) is 8.22. The summed E-state index contributed by atoms with van der Waals surface area (Å²) in [6.45, 7) is 9.34. The Morgan fingerprint density at radius 1 is 1.06 bits per heavy atom. The van der Waals surface area contributed by atoms with E-state index in [9.17, 15) is 19.1 Å². The Morgan fingerprint density at radius 2 is 1.74 bits per heavy atom. The van der Waals surface area contributed by atoms with Crippen molar-refractivity contribution in [1.29, 1.82) is 0 Å². The quantitative estimate of drug-likeness (QED) is 0.290. The van der Waals surface area contributed by atoms with E-state index in [1.165, 1.54) is 36.3 Å². The number of methoxy groups -OCH3 is 1. The molecule has 3 rings (SSSR count). The third-order valence-corrected chi connectivity index (χ3v) is 6.23. The molecule has 0 spiro atoms. The molecule has 2 aromatic rings. The SMILES string of the molecule is CCOc1ccc([C@@H]2/C(=C(\O)c3ccc(F)cc3)C(=O)C(=O)N2CCCN(CC)CC)cc1OC. The Morgan fingerprint density at radius 3 is 2.34 bits per heavy atom. The first-order valence-corrected chi connectivity index (χ1v) is 11.9. The molecule has 35 heavy (non-hydrogen) atoms. The maximum absolute atomic E-state index is 13.5. The Kier molecular flexibility index (Phi) is 8.87. The van der Waals surface area contributed by atoms with Crippen LogP contribution < -0.4 is 9.47 Å². The van der Waals surface area contributed by atoms with E-state index in [-0.39, 0.29) is 16.9 Å². The van der Waals surface area contributed by atoms with Crippen molar-refractivity contribution in [2.45, 2.75) is 33.2 Å². The minimum Gasteiger partial charge on any atom is -0.507 e. The molecule has 1 N–H and O–H groups in total. The number of carbonyl (C=O) groups is 2. The van der Waals surface area contributed by atoms with Gasteiger partial charge < -0.3 is 24.4 Å². The van der Waals surface area contributed by atoms with Crippen molar-refractivity contribution in [3.63, 3.8) is 0 Å². The largest absolute Gasteiger partial charge is 0.507 e. The maximum atomic E-state index is 13.5. The molecule has 2 aromatic carbocycles. The molecule has 1 saturated heterocycles. The number of hydrogen-bond acceptors (Lipinski definition) is 6. The Bertz CT molecular complexity index is 1080. The second-order valence-electron chi connectivity index (χ2n) is 8.22. The number of amides is 1. The summed E-state index contributed by atoms with van der Waals surface area (Å²) in [5.74, 6) is -1.26. The molecule has 1 amide bonds. The van der Waals surface area contributed by atoms with E-state index in [0.717, 1.165) is 19.6 Å². The second kappa shape index (κ2) is 11.8. The minimum atomic E-state index is -0.818. The van der Waals surface area contributed by atoms with Crippen molar-refractivity contribution >= 4 is 17.4 Å². The van der Waals surface area contributed by atoms with Crippen molar-refractivity contribution in [3.8, 4) is 11.5 Å². The van der Waals surface area contributed by atoms with Gasteiger partial charge in [0, 0.05) is 12.1 Å². The number of ether oxygens (including phenoxy) is 2. The summed E-state index contributed by atoms with van der Waals surface area (Å²) in [6, 6.07) is 9.56. The number of aliphatic hydroxyl groups excluding tert-OH is 1. The van der Waals surface area contributed by atoms with Crippen LogP contribution in [0, 0.1) is 5.82 Å². The number of carbonyl (C=O) groups excluding carboxylic acids is 2. The molecule has 0 bridgehead atoms. The molecule has 1 aliphatic heterocycles. The Hall–Kier alpha value is -3.39. The zero-order valence-corrected chi connectivity index (χ0v) is 20.7. The molecule has 8 heteroatoms. The van der Waals surface area contributed by atoms with Crippen LogP contribution in [0.4, 0.5) is 4.39 Å². The lowest BCUT2D eigenvalue weighted by Gasteiger charge is -2.27. The number of rotatable bonds is 11. The molecular formula is C27H33FN2O5. The van der Waals surface area contributed by atoms with Crippen molar-refractivity contribution in [1.82, 2.24) is 9.80 Å². The fraction of sp³-hybridized carbons (Fsp3) is 0.407. The van der Waals surface area contributed by atoms with Gasteiger partial charge in [0.2, 0.25) is 0 Å². The van der Waals surface area contributed by atoms with E-state index >= 15 is 0 Å². The van der Waals surface area contributed by atoms with Gasteiger partial charge in [0.15, 0.2) is 11.5 Å². The van der Waals surface area contributed by atoms with Gasteiger partial charge in [-0.15, -0.1) is 0 Å². The van der Waals surface area contributed by atoms with Crippen LogP contribution in [0.5, 0.6) is 11.5 Å². The van der Waals surface area contributed by atoms with Crippen LogP contribution in [0.1, 0.15) is 44.4 Å². The van der Waals surface area contributed by atoms with Crippen molar-refractivity contribution in [3.05, 3.63) is 65.0 Å². The summed E-state index contributed by atoms with van der Waals surface area (Å²) in [5, 5.41) is 11.1. The monoisotopic (exact) mass is 484 g/mol. The van der Waals surface area contributed by atoms with Crippen LogP contribution in [-0.2, 0) is 9.59 Å². The van der Waals surface area contributed by atoms with Crippen LogP contribution in [0.25, 0.3) is 5.76 Å². The van der Waals surface area contributed by atoms with Crippen LogP contribution >= 0.6 is 0 Å². The Labute approximate surface area is 205 Å². The number of halogens is 1. The van der Waals surface area contributed by atoms with Crippen molar-refractivity contribution in [2.75, 3.05) is 39.9 Å². The smallest absolute Gasteiger partial charge is 0.295 e. The fourth-order valence-electron chi connectivity index (χ4n) is 4.35. The lowest BCUT2D eigenvalue weighted by atomic mass is 9.95. The highest BCUT2D eigenvalue weighted by atomic mass is 19.1. The molecule has 1 heterocycles. The number of hydrogen-bond donors (Lipinski definition) is 1. The average Bonchev–Trinajstić information content (AvgIpc) is 3.12. The van der Waals surface area contributed by atoms with E-state index in [0.29, 0.717) is 36.6 Å². The predicted octanol–water partition coefficient (Wildman–Crippen LogP) is 4.39. The van der Waals surface area contributed by atoms with Gasteiger partial charge in [0.1, 0.15) is 11.6 Å². The summed E-state index contributed by atoms with van der Waals surface area (Å²) >= 11 is 0. The molecule has 0 radical (unpaired) electrons. The molecule has 0 aromatic heterocycles. The zero-order chi connectivity index (χ0) is 25.5. The van der Waals surface area contributed by atoms with Gasteiger partial charge in [-0.05, 0) is 74.9 Å². The molecule has 188 valence electrons. The molecular weight excluding hydrogens is 451 g/mol. The van der Waals surface area contributed by atoms with Gasteiger partial charge in [-0.3, -0.25) is 9.59 Å². The zero-order valence-electron chi connectivity index (χ0n) is 20.7. The number of ketones is 1. The molecule has 1 fully saturated rings. The molecule has 7 nitrogen and oxygen atoms in total. The average molecular weight is 485 g/mol. The van der Waals surface area contributed by atoms with Gasteiger partial charge in [-0.2, -0.15) is 0 Å². The van der Waals surface area contributed by atoms with Gasteiger partial charge in [0.05, 0.1) is 25.3 Å². The summed E-state index contributed by atoms with van der Waals surface area (Å²) in [6.07, 6.45) is 0.663. The van der Waals surface area contributed by atoms with Crippen molar-refractivity contribution in [2.24, 2.45) is 0 Å². The van der Waals surface area contributed by atoms with Crippen LogP contribution in [0.15, 0.2) is 48.0 Å². The highest BCUT2D eigenvalue weighted by Crippen LogP contribution is 2.42. The standard InChI is InChI=1S/C27H33FN2O5/c1-5-29(6-2)15-8-16-30-24(19-11-14-21(35-7-3)22(17-19)34-4)23(26(32)27(30)33)25(31)18-9-12-20(28)13-10-18/h9-14,17,24,31H,5-8,15-16H2,1-4H3/b25-23+/t24-/m1/s1. The lowest BCUT2D eigenvalue weighted by molar-refractivity contribution is -0.140. The number of nitrogens with zero attached hydrogens (tertiary/aromatic N) is 2. The fourth-order valence-corrected chi connectivity index (χ4v) is 4.35. The molecule has 1 aliphatic rings. The number of benzene rings is 2. The van der Waals surface area contributed by atoms with E-state index < -0.39 is 23.5 Å². The first-order valence-electron chi connectivity index (χ1n) is 11.9. The van der Waals surface area contributed by atoms with Gasteiger partial charge in [-0.1, -0.05) is 19.9 Å². The first-order chi connectivity index (χ1) is 16.9. The van der Waals surface area contributed by atoms with Crippen molar-refractivity contribution < 1.29 is 28.6 Å². The first kappa shape index (κ1) is 26.2. The maximum Gasteiger partial charge on any atom is 0.295 e. The topological polar surface area (TPSA) is 79.3 Å². The molecule has 0 saturated carbocycles. The number of aliphatic hydroxyl groups is 1. The van der Waals surface area contributed by atoms with E-state index in [1.54, 1.807) is 18.2 Å². The molecule has 0 aliphatic carbocycles. The van der Waals surface area contributed by atoms with Gasteiger partial charge >= 0.3 is 0 Å². The summed E-state index contributed by atoms with van der Waals surface area (Å²) in [5.41, 5.74) is 0.835. The summed E-state index contributed by atoms with van der Waals surface area (Å²) in [4.78, 5) is 30.0. The highest BCUT2D eigenvalue weighted by Gasteiger charge is 2.46. The Balaban J connectivity index is 2.08. The predicted molar refractivity (Wildman–Crippen MR) is 132 cm³/mol. The van der Waals surface area contributed by atoms with E-state index in [4.69, 9.17) is 9.47 Å². The third kappa shape index (κ3) is 5.65. The van der Waals surface area contributed by atoms with E-state index in [1.807, 2.05) is 6.92 Å². The van der Waals surface area contributed by atoms with Crippen LogP contribution in [0.3, 0.4) is 0 Å². The lowest BCUT2D eigenvalue weighted by Crippen LogP contribution is -2.33. The number of Topliss-reactive ketones (excluding diaryl/α,β-unsaturated/α-hetero) is 1. The highest BCUT2D eigenvalue weighted by molar-refractivity contribution is 6.46. The van der Waals surface area contributed by atoms with Crippen LogP contribution in [-0.4, -0.2) is 66.5 Å².